The highest BCUT2D eigenvalue weighted by Gasteiger charge is 2.10. The molecule has 6 heteroatoms. The van der Waals surface area contributed by atoms with Crippen LogP contribution in [0, 0.1) is 0 Å². The van der Waals surface area contributed by atoms with Crippen molar-refractivity contribution >= 4 is 11.6 Å². The molecule has 1 aromatic heterocycles. The fraction of sp³-hybridized carbons (Fsp3) is 0.125. The Morgan fingerprint density at radius 3 is 2.77 bits per heavy atom. The first kappa shape index (κ1) is 14.4. The standard InChI is InChI=1S/C16H13ClN2O3/c1-20-12-6-4-5-11(9-12)16-19-18-15(22-16)10-21-14-8-3-2-7-13(14)17/h2-9H,10H2,1H3. The first-order valence-corrected chi connectivity index (χ1v) is 6.98. The number of hydrogen-bond acceptors (Lipinski definition) is 5. The van der Waals surface area contributed by atoms with Gasteiger partial charge in [0.25, 0.3) is 5.89 Å². The number of para-hydroxylation sites is 1. The molecule has 5 nitrogen and oxygen atoms in total. The Kier molecular flexibility index (Phi) is 4.25. The minimum atomic E-state index is 0.153. The number of aromatic nitrogens is 2. The molecule has 22 heavy (non-hydrogen) atoms. The summed E-state index contributed by atoms with van der Waals surface area (Å²) in [4.78, 5) is 0. The first-order valence-electron chi connectivity index (χ1n) is 6.60. The molecule has 0 atom stereocenters. The van der Waals surface area contributed by atoms with Crippen molar-refractivity contribution in [3.8, 4) is 23.0 Å². The quantitative estimate of drug-likeness (QED) is 0.712. The van der Waals surface area contributed by atoms with Gasteiger partial charge in [0.2, 0.25) is 5.89 Å². The Bertz CT molecular complexity index is 773. The molecule has 0 unspecified atom stereocenters. The molecule has 0 saturated carbocycles. The topological polar surface area (TPSA) is 57.4 Å². The third-order valence-electron chi connectivity index (χ3n) is 2.97. The van der Waals surface area contributed by atoms with Crippen molar-refractivity contribution in [2.24, 2.45) is 0 Å². The Morgan fingerprint density at radius 1 is 1.09 bits per heavy atom. The van der Waals surface area contributed by atoms with E-state index in [1.807, 2.05) is 36.4 Å². The van der Waals surface area contributed by atoms with Gasteiger partial charge in [-0.25, -0.2) is 0 Å². The third-order valence-corrected chi connectivity index (χ3v) is 3.28. The van der Waals surface area contributed by atoms with Crippen molar-refractivity contribution in [2.45, 2.75) is 6.61 Å². The lowest BCUT2D eigenvalue weighted by Crippen LogP contribution is -1.95. The highest BCUT2D eigenvalue weighted by molar-refractivity contribution is 6.32. The van der Waals surface area contributed by atoms with Gasteiger partial charge in [-0.3, -0.25) is 0 Å². The van der Waals surface area contributed by atoms with E-state index < -0.39 is 0 Å². The summed E-state index contributed by atoms with van der Waals surface area (Å²) >= 11 is 6.02. The van der Waals surface area contributed by atoms with E-state index in [9.17, 15) is 0 Å². The monoisotopic (exact) mass is 316 g/mol. The number of methoxy groups -OCH3 is 1. The zero-order chi connectivity index (χ0) is 15.4. The Hall–Kier alpha value is -2.53. The van der Waals surface area contributed by atoms with Crippen LogP contribution in [0.2, 0.25) is 5.02 Å². The number of benzene rings is 2. The van der Waals surface area contributed by atoms with E-state index in [2.05, 4.69) is 10.2 Å². The molecule has 112 valence electrons. The second-order valence-electron chi connectivity index (χ2n) is 4.45. The lowest BCUT2D eigenvalue weighted by molar-refractivity contribution is 0.264. The molecule has 0 amide bonds. The summed E-state index contributed by atoms with van der Waals surface area (Å²) in [6, 6.07) is 14.6. The molecular weight excluding hydrogens is 304 g/mol. The fourth-order valence-corrected chi connectivity index (χ4v) is 2.08. The van der Waals surface area contributed by atoms with E-state index in [1.165, 1.54) is 0 Å². The molecule has 0 bridgehead atoms. The smallest absolute Gasteiger partial charge is 0.254 e. The molecule has 0 aliphatic carbocycles. The van der Waals surface area contributed by atoms with E-state index in [4.69, 9.17) is 25.5 Å². The number of hydrogen-bond donors (Lipinski definition) is 0. The molecule has 0 fully saturated rings. The van der Waals surface area contributed by atoms with Crippen LogP contribution in [0.5, 0.6) is 11.5 Å². The van der Waals surface area contributed by atoms with Crippen molar-refractivity contribution in [3.05, 3.63) is 59.4 Å². The fourth-order valence-electron chi connectivity index (χ4n) is 1.89. The summed E-state index contributed by atoms with van der Waals surface area (Å²) < 4.78 is 16.3. The normalized spacial score (nSPS) is 10.5. The van der Waals surface area contributed by atoms with Crippen LogP contribution in [0.25, 0.3) is 11.5 Å². The van der Waals surface area contributed by atoms with Crippen molar-refractivity contribution in [1.29, 1.82) is 0 Å². The summed E-state index contributed by atoms with van der Waals surface area (Å²) in [7, 11) is 1.61. The van der Waals surface area contributed by atoms with Gasteiger partial charge >= 0.3 is 0 Å². The van der Waals surface area contributed by atoms with Crippen LogP contribution < -0.4 is 9.47 Å². The number of ether oxygens (including phenoxy) is 2. The van der Waals surface area contributed by atoms with Crippen LogP contribution in [0.3, 0.4) is 0 Å². The summed E-state index contributed by atoms with van der Waals surface area (Å²) in [5.74, 6) is 2.09. The highest BCUT2D eigenvalue weighted by Crippen LogP contribution is 2.25. The maximum absolute atomic E-state index is 6.02. The van der Waals surface area contributed by atoms with Gasteiger partial charge in [0, 0.05) is 5.56 Å². The second-order valence-corrected chi connectivity index (χ2v) is 4.86. The van der Waals surface area contributed by atoms with Crippen LogP contribution in [0.1, 0.15) is 5.89 Å². The number of nitrogens with zero attached hydrogens (tertiary/aromatic N) is 2. The van der Waals surface area contributed by atoms with Crippen molar-refractivity contribution < 1.29 is 13.9 Å². The van der Waals surface area contributed by atoms with Gasteiger partial charge in [-0.2, -0.15) is 0 Å². The maximum atomic E-state index is 6.02. The molecule has 2 aromatic carbocycles. The summed E-state index contributed by atoms with van der Waals surface area (Å²) in [5, 5.41) is 8.52. The molecule has 0 radical (unpaired) electrons. The average molecular weight is 317 g/mol. The van der Waals surface area contributed by atoms with E-state index in [0.29, 0.717) is 22.6 Å². The summed E-state index contributed by atoms with van der Waals surface area (Å²) in [6.07, 6.45) is 0. The predicted molar refractivity (Wildman–Crippen MR) is 82.1 cm³/mol. The molecule has 0 aliphatic heterocycles. The van der Waals surface area contributed by atoms with E-state index in [1.54, 1.807) is 19.2 Å². The molecule has 3 aromatic rings. The highest BCUT2D eigenvalue weighted by atomic mass is 35.5. The Morgan fingerprint density at radius 2 is 1.95 bits per heavy atom. The minimum absolute atomic E-state index is 0.153. The van der Waals surface area contributed by atoms with Crippen LogP contribution >= 0.6 is 11.6 Å². The predicted octanol–water partition coefficient (Wildman–Crippen LogP) is 3.98. The Balaban J connectivity index is 1.72. The van der Waals surface area contributed by atoms with Crippen LogP contribution in [0.15, 0.2) is 52.9 Å². The molecule has 0 N–H and O–H groups in total. The molecule has 0 spiro atoms. The zero-order valence-corrected chi connectivity index (χ0v) is 12.6. The van der Waals surface area contributed by atoms with Gasteiger partial charge in [0.05, 0.1) is 12.1 Å². The molecule has 0 saturated heterocycles. The van der Waals surface area contributed by atoms with Crippen molar-refractivity contribution in [3.63, 3.8) is 0 Å². The van der Waals surface area contributed by atoms with E-state index in [-0.39, 0.29) is 6.61 Å². The van der Waals surface area contributed by atoms with Crippen LogP contribution in [-0.2, 0) is 6.61 Å². The van der Waals surface area contributed by atoms with Gasteiger partial charge in [0.1, 0.15) is 11.5 Å². The number of halogens is 1. The van der Waals surface area contributed by atoms with Crippen molar-refractivity contribution in [2.75, 3.05) is 7.11 Å². The lowest BCUT2D eigenvalue weighted by Gasteiger charge is -2.04. The molecule has 0 aliphatic rings. The average Bonchev–Trinajstić information content (AvgIpc) is 3.03. The molecular formula is C16H13ClN2O3. The van der Waals surface area contributed by atoms with E-state index in [0.717, 1.165) is 11.3 Å². The van der Waals surface area contributed by atoms with Gasteiger partial charge in [-0.15, -0.1) is 10.2 Å². The van der Waals surface area contributed by atoms with Gasteiger partial charge in [0.15, 0.2) is 6.61 Å². The lowest BCUT2D eigenvalue weighted by atomic mass is 10.2. The van der Waals surface area contributed by atoms with Gasteiger partial charge in [-0.1, -0.05) is 29.8 Å². The van der Waals surface area contributed by atoms with Gasteiger partial charge < -0.3 is 13.9 Å². The van der Waals surface area contributed by atoms with Crippen LogP contribution in [-0.4, -0.2) is 17.3 Å². The molecule has 1 heterocycles. The third kappa shape index (κ3) is 3.20. The summed E-state index contributed by atoms with van der Waals surface area (Å²) in [6.45, 7) is 0.153. The summed E-state index contributed by atoms with van der Waals surface area (Å²) in [5.41, 5.74) is 0.788. The largest absolute Gasteiger partial charge is 0.497 e. The van der Waals surface area contributed by atoms with Crippen molar-refractivity contribution in [1.82, 2.24) is 10.2 Å². The van der Waals surface area contributed by atoms with E-state index >= 15 is 0 Å². The maximum Gasteiger partial charge on any atom is 0.254 e. The van der Waals surface area contributed by atoms with Gasteiger partial charge in [-0.05, 0) is 30.3 Å². The SMILES string of the molecule is COc1cccc(-c2nnc(COc3ccccc3Cl)o2)c1. The zero-order valence-electron chi connectivity index (χ0n) is 11.8. The minimum Gasteiger partial charge on any atom is -0.497 e. The van der Waals surface area contributed by atoms with Crippen LogP contribution in [0.4, 0.5) is 0 Å². The number of rotatable bonds is 5. The molecule has 3 rings (SSSR count). The Labute approximate surface area is 132 Å². The first-order chi connectivity index (χ1) is 10.8. The second kappa shape index (κ2) is 6.49.